The van der Waals surface area contributed by atoms with Gasteiger partial charge in [0.1, 0.15) is 5.82 Å². The van der Waals surface area contributed by atoms with E-state index < -0.39 is 0 Å². The first-order chi connectivity index (χ1) is 8.99. The molecule has 1 amide bonds. The SMILES string of the molecule is CC(C)n1nccc1NC(=O)c1cc(Br)ccc1Br. The summed E-state index contributed by atoms with van der Waals surface area (Å²) in [6, 6.07) is 7.45. The molecule has 0 aliphatic heterocycles. The first kappa shape index (κ1) is 14.3. The third-order valence-electron chi connectivity index (χ3n) is 2.57. The molecule has 0 unspecified atom stereocenters. The summed E-state index contributed by atoms with van der Waals surface area (Å²) < 4.78 is 3.38. The number of carbonyl (C=O) groups excluding carboxylic acids is 1. The summed E-state index contributed by atoms with van der Waals surface area (Å²) in [6.07, 6.45) is 1.67. The van der Waals surface area contributed by atoms with Gasteiger partial charge in [0.05, 0.1) is 11.8 Å². The van der Waals surface area contributed by atoms with Crippen LogP contribution in [0.3, 0.4) is 0 Å². The highest BCUT2D eigenvalue weighted by Gasteiger charge is 2.14. The maximum atomic E-state index is 12.3. The third kappa shape index (κ3) is 3.25. The number of anilines is 1. The Labute approximate surface area is 128 Å². The molecule has 1 aromatic carbocycles. The number of hydrogen-bond acceptors (Lipinski definition) is 2. The lowest BCUT2D eigenvalue weighted by atomic mass is 10.2. The summed E-state index contributed by atoms with van der Waals surface area (Å²) in [5.74, 6) is 0.516. The van der Waals surface area contributed by atoms with Crippen LogP contribution in [0.15, 0.2) is 39.4 Å². The van der Waals surface area contributed by atoms with Crippen molar-refractivity contribution < 1.29 is 4.79 Å². The molecule has 1 N–H and O–H groups in total. The average molecular weight is 387 g/mol. The highest BCUT2D eigenvalue weighted by Crippen LogP contribution is 2.23. The number of aromatic nitrogens is 2. The minimum atomic E-state index is -0.171. The van der Waals surface area contributed by atoms with Gasteiger partial charge in [-0.05, 0) is 48.0 Å². The number of benzene rings is 1. The Morgan fingerprint density at radius 3 is 2.74 bits per heavy atom. The average Bonchev–Trinajstić information content (AvgIpc) is 2.80. The number of amides is 1. The number of nitrogens with one attached hydrogen (secondary N) is 1. The predicted molar refractivity (Wildman–Crippen MR) is 82.4 cm³/mol. The van der Waals surface area contributed by atoms with Crippen LogP contribution in [0.1, 0.15) is 30.2 Å². The van der Waals surface area contributed by atoms with Crippen LogP contribution in [0, 0.1) is 0 Å². The maximum Gasteiger partial charge on any atom is 0.257 e. The van der Waals surface area contributed by atoms with Gasteiger partial charge in [-0.15, -0.1) is 0 Å². The zero-order valence-corrected chi connectivity index (χ0v) is 13.7. The molecule has 1 heterocycles. The molecule has 1 aromatic heterocycles. The molecule has 0 saturated heterocycles. The van der Waals surface area contributed by atoms with E-state index >= 15 is 0 Å². The molecule has 0 radical (unpaired) electrons. The second-order valence-corrected chi connectivity index (χ2v) is 6.10. The van der Waals surface area contributed by atoms with Gasteiger partial charge in [0.15, 0.2) is 0 Å². The van der Waals surface area contributed by atoms with Crippen molar-refractivity contribution in [3.63, 3.8) is 0 Å². The smallest absolute Gasteiger partial charge is 0.257 e. The fourth-order valence-corrected chi connectivity index (χ4v) is 2.47. The zero-order valence-electron chi connectivity index (χ0n) is 10.5. The first-order valence-electron chi connectivity index (χ1n) is 5.79. The number of nitrogens with zero attached hydrogens (tertiary/aromatic N) is 2. The standard InChI is InChI=1S/C13H13Br2N3O/c1-8(2)18-12(5-6-16-18)17-13(19)10-7-9(14)3-4-11(10)15/h3-8H,1-2H3,(H,17,19). The van der Waals surface area contributed by atoms with E-state index in [4.69, 9.17) is 0 Å². The van der Waals surface area contributed by atoms with E-state index in [1.54, 1.807) is 23.0 Å². The number of halogens is 2. The zero-order chi connectivity index (χ0) is 14.0. The molecule has 4 nitrogen and oxygen atoms in total. The molecule has 100 valence electrons. The Bertz CT molecular complexity index is 608. The molecule has 2 aromatic rings. The lowest BCUT2D eigenvalue weighted by molar-refractivity contribution is 0.102. The second kappa shape index (κ2) is 5.88. The van der Waals surface area contributed by atoms with Crippen molar-refractivity contribution in [2.45, 2.75) is 19.9 Å². The van der Waals surface area contributed by atoms with Gasteiger partial charge in [-0.25, -0.2) is 4.68 Å². The highest BCUT2D eigenvalue weighted by molar-refractivity contribution is 9.11. The molecule has 6 heteroatoms. The molecular formula is C13H13Br2N3O. The van der Waals surface area contributed by atoms with Crippen LogP contribution in [-0.4, -0.2) is 15.7 Å². The Morgan fingerprint density at radius 2 is 2.05 bits per heavy atom. The summed E-state index contributed by atoms with van der Waals surface area (Å²) in [6.45, 7) is 4.02. The van der Waals surface area contributed by atoms with Crippen molar-refractivity contribution in [2.24, 2.45) is 0 Å². The van der Waals surface area contributed by atoms with Crippen molar-refractivity contribution in [3.8, 4) is 0 Å². The molecule has 2 rings (SSSR count). The predicted octanol–water partition coefficient (Wildman–Crippen LogP) is 4.24. The topological polar surface area (TPSA) is 46.9 Å². The first-order valence-corrected chi connectivity index (χ1v) is 7.37. The highest BCUT2D eigenvalue weighted by atomic mass is 79.9. The Kier molecular flexibility index (Phi) is 4.42. The third-order valence-corrected chi connectivity index (χ3v) is 3.76. The summed E-state index contributed by atoms with van der Waals surface area (Å²) in [5.41, 5.74) is 0.575. The Hall–Kier alpha value is -1.14. The van der Waals surface area contributed by atoms with Crippen LogP contribution in [-0.2, 0) is 0 Å². The fraction of sp³-hybridized carbons (Fsp3) is 0.231. The second-order valence-electron chi connectivity index (χ2n) is 4.33. The minimum Gasteiger partial charge on any atom is -0.307 e. The van der Waals surface area contributed by atoms with E-state index in [0.717, 1.165) is 8.95 Å². The summed E-state index contributed by atoms with van der Waals surface area (Å²) >= 11 is 6.74. The van der Waals surface area contributed by atoms with Crippen molar-refractivity contribution >= 4 is 43.6 Å². The van der Waals surface area contributed by atoms with E-state index in [0.29, 0.717) is 11.4 Å². The van der Waals surface area contributed by atoms with Gasteiger partial charge < -0.3 is 5.32 Å². The van der Waals surface area contributed by atoms with Gasteiger partial charge in [0, 0.05) is 21.1 Å². The molecular weight excluding hydrogens is 374 g/mol. The van der Waals surface area contributed by atoms with E-state index in [1.807, 2.05) is 26.0 Å². The molecule has 0 aliphatic carbocycles. The van der Waals surface area contributed by atoms with E-state index in [-0.39, 0.29) is 11.9 Å². The monoisotopic (exact) mass is 385 g/mol. The summed E-state index contributed by atoms with van der Waals surface area (Å²) in [7, 11) is 0. The van der Waals surface area contributed by atoms with Gasteiger partial charge in [-0.1, -0.05) is 15.9 Å². The lowest BCUT2D eigenvalue weighted by Gasteiger charge is -2.12. The van der Waals surface area contributed by atoms with Crippen LogP contribution < -0.4 is 5.32 Å². The van der Waals surface area contributed by atoms with E-state index in [9.17, 15) is 4.79 Å². The van der Waals surface area contributed by atoms with Crippen LogP contribution in [0.4, 0.5) is 5.82 Å². The quantitative estimate of drug-likeness (QED) is 0.857. The minimum absolute atomic E-state index is 0.171. The van der Waals surface area contributed by atoms with Crippen LogP contribution in [0.5, 0.6) is 0 Å². The summed E-state index contributed by atoms with van der Waals surface area (Å²) in [5, 5.41) is 7.05. The molecule has 0 fully saturated rings. The normalized spacial score (nSPS) is 10.8. The van der Waals surface area contributed by atoms with Crippen LogP contribution in [0.25, 0.3) is 0 Å². The number of rotatable bonds is 3. The van der Waals surface area contributed by atoms with Crippen LogP contribution >= 0.6 is 31.9 Å². The van der Waals surface area contributed by atoms with Gasteiger partial charge in [-0.2, -0.15) is 5.10 Å². The summed E-state index contributed by atoms with van der Waals surface area (Å²) in [4.78, 5) is 12.3. The maximum absolute atomic E-state index is 12.3. The molecule has 19 heavy (non-hydrogen) atoms. The van der Waals surface area contributed by atoms with E-state index in [1.165, 1.54) is 0 Å². The van der Waals surface area contributed by atoms with Crippen molar-refractivity contribution in [3.05, 3.63) is 45.0 Å². The molecule has 0 saturated carbocycles. The van der Waals surface area contributed by atoms with Gasteiger partial charge in [0.25, 0.3) is 5.91 Å². The number of hydrogen-bond donors (Lipinski definition) is 1. The number of carbonyl (C=O) groups is 1. The van der Waals surface area contributed by atoms with Gasteiger partial charge in [-0.3, -0.25) is 4.79 Å². The molecule has 0 spiro atoms. The van der Waals surface area contributed by atoms with Crippen molar-refractivity contribution in [1.29, 1.82) is 0 Å². The van der Waals surface area contributed by atoms with Crippen molar-refractivity contribution in [1.82, 2.24) is 9.78 Å². The van der Waals surface area contributed by atoms with Gasteiger partial charge in [0.2, 0.25) is 0 Å². The molecule has 0 aliphatic rings. The largest absolute Gasteiger partial charge is 0.307 e. The molecule has 0 bridgehead atoms. The Morgan fingerprint density at radius 1 is 1.32 bits per heavy atom. The molecule has 0 atom stereocenters. The van der Waals surface area contributed by atoms with E-state index in [2.05, 4.69) is 42.3 Å². The fourth-order valence-electron chi connectivity index (χ4n) is 1.68. The van der Waals surface area contributed by atoms with Gasteiger partial charge >= 0.3 is 0 Å². The lowest BCUT2D eigenvalue weighted by Crippen LogP contribution is -2.17. The Balaban J connectivity index is 2.26. The van der Waals surface area contributed by atoms with Crippen LogP contribution in [0.2, 0.25) is 0 Å². The van der Waals surface area contributed by atoms with Crippen molar-refractivity contribution in [2.75, 3.05) is 5.32 Å².